The largest absolute Gasteiger partial charge is 0.481 e. The van der Waals surface area contributed by atoms with E-state index in [0.29, 0.717) is 11.6 Å². The van der Waals surface area contributed by atoms with Gasteiger partial charge in [-0.25, -0.2) is 9.97 Å². The Kier molecular flexibility index (Phi) is 3.26. The molecule has 0 saturated carbocycles. The molecule has 0 radical (unpaired) electrons. The molecule has 0 aliphatic rings. The summed E-state index contributed by atoms with van der Waals surface area (Å²) in [4.78, 5) is 12.5. The maximum Gasteiger partial charge on any atom is 0.216 e. The molecule has 0 aliphatic heterocycles. The number of pyridine rings is 1. The van der Waals surface area contributed by atoms with Gasteiger partial charge in [0.15, 0.2) is 0 Å². The number of nitrogens with zero attached hydrogens (tertiary/aromatic N) is 3. The van der Waals surface area contributed by atoms with E-state index in [9.17, 15) is 0 Å². The van der Waals surface area contributed by atoms with Crippen LogP contribution in [0.25, 0.3) is 10.8 Å². The summed E-state index contributed by atoms with van der Waals surface area (Å²) >= 11 is 0. The Hall–Kier alpha value is -2.53. The van der Waals surface area contributed by atoms with Gasteiger partial charge in [0.1, 0.15) is 6.33 Å². The molecule has 3 rings (SSSR count). The quantitative estimate of drug-likeness (QED) is 0.785. The third-order valence-corrected chi connectivity index (χ3v) is 3.23. The van der Waals surface area contributed by atoms with Gasteiger partial charge < -0.3 is 10.5 Å². The average molecular weight is 266 g/mol. The number of aromatic nitrogens is 3. The average Bonchev–Trinajstić information content (AvgIpc) is 2.53. The molecule has 0 bridgehead atoms. The highest BCUT2D eigenvalue weighted by Crippen LogP contribution is 2.26. The molecule has 0 fully saturated rings. The fourth-order valence-electron chi connectivity index (χ4n) is 2.18. The van der Waals surface area contributed by atoms with E-state index in [2.05, 4.69) is 15.0 Å². The number of benzene rings is 1. The lowest BCUT2D eigenvalue weighted by Crippen LogP contribution is -2.14. The van der Waals surface area contributed by atoms with Crippen molar-refractivity contribution in [1.29, 1.82) is 0 Å². The first-order valence-electron chi connectivity index (χ1n) is 6.24. The first-order valence-corrected chi connectivity index (χ1v) is 6.24. The van der Waals surface area contributed by atoms with E-state index in [4.69, 9.17) is 10.5 Å². The van der Waals surface area contributed by atoms with Crippen LogP contribution >= 0.6 is 0 Å². The van der Waals surface area contributed by atoms with E-state index in [1.807, 2.05) is 30.5 Å². The number of hydrogen-bond acceptors (Lipinski definition) is 5. The highest BCUT2D eigenvalue weighted by molar-refractivity contribution is 5.85. The van der Waals surface area contributed by atoms with Crippen molar-refractivity contribution in [2.75, 3.05) is 7.11 Å². The molecule has 1 atom stereocenters. The maximum atomic E-state index is 6.32. The Labute approximate surface area is 116 Å². The van der Waals surface area contributed by atoms with Gasteiger partial charge in [0.05, 0.1) is 18.8 Å². The monoisotopic (exact) mass is 266 g/mol. The van der Waals surface area contributed by atoms with E-state index in [0.717, 1.165) is 16.3 Å². The van der Waals surface area contributed by atoms with E-state index in [1.54, 1.807) is 19.4 Å². The molecule has 3 aromatic rings. The molecule has 1 unspecified atom stereocenters. The molecule has 20 heavy (non-hydrogen) atoms. The minimum atomic E-state index is -0.370. The van der Waals surface area contributed by atoms with Gasteiger partial charge in [-0.1, -0.05) is 24.3 Å². The van der Waals surface area contributed by atoms with Crippen LogP contribution < -0.4 is 10.5 Å². The molecule has 0 amide bonds. The van der Waals surface area contributed by atoms with Crippen molar-refractivity contribution >= 4 is 10.8 Å². The molecule has 1 aromatic carbocycles. The van der Waals surface area contributed by atoms with E-state index >= 15 is 0 Å². The SMILES string of the molecule is COc1cc(C(N)c2cncc3ccccc23)ncn1. The second kappa shape index (κ2) is 5.22. The molecule has 2 heterocycles. The fraction of sp³-hybridized carbons (Fsp3) is 0.133. The lowest BCUT2D eigenvalue weighted by Gasteiger charge is -2.14. The second-order valence-electron chi connectivity index (χ2n) is 4.41. The first kappa shape index (κ1) is 12.5. The molecule has 0 aliphatic carbocycles. The standard InChI is InChI=1S/C15H14N4O/c1-20-14-6-13(18-9-19-14)15(16)12-8-17-7-10-4-2-3-5-11(10)12/h2-9,15H,16H2,1H3. The second-order valence-corrected chi connectivity index (χ2v) is 4.41. The van der Waals surface area contributed by atoms with Crippen molar-refractivity contribution in [2.24, 2.45) is 5.73 Å². The fourth-order valence-corrected chi connectivity index (χ4v) is 2.18. The van der Waals surface area contributed by atoms with Crippen molar-refractivity contribution in [3.8, 4) is 5.88 Å². The van der Waals surface area contributed by atoms with Gasteiger partial charge in [-0.05, 0) is 5.39 Å². The molecule has 5 heteroatoms. The number of rotatable bonds is 3. The van der Waals surface area contributed by atoms with Crippen molar-refractivity contribution in [3.63, 3.8) is 0 Å². The summed E-state index contributed by atoms with van der Waals surface area (Å²) in [5.74, 6) is 0.499. The third kappa shape index (κ3) is 2.19. The van der Waals surface area contributed by atoms with Crippen LogP contribution in [0.5, 0.6) is 5.88 Å². The minimum Gasteiger partial charge on any atom is -0.481 e. The van der Waals surface area contributed by atoms with E-state index in [1.165, 1.54) is 6.33 Å². The van der Waals surface area contributed by atoms with Gasteiger partial charge in [-0.2, -0.15) is 0 Å². The number of ether oxygens (including phenoxy) is 1. The molecular weight excluding hydrogens is 252 g/mol. The van der Waals surface area contributed by atoms with Crippen molar-refractivity contribution in [2.45, 2.75) is 6.04 Å². The summed E-state index contributed by atoms with van der Waals surface area (Å²) in [6, 6.07) is 9.38. The Bertz CT molecular complexity index is 739. The summed E-state index contributed by atoms with van der Waals surface area (Å²) < 4.78 is 5.11. The number of fused-ring (bicyclic) bond motifs is 1. The zero-order chi connectivity index (χ0) is 13.9. The van der Waals surface area contributed by atoms with Crippen LogP contribution in [0.4, 0.5) is 0 Å². The van der Waals surface area contributed by atoms with E-state index < -0.39 is 0 Å². The molecule has 0 saturated heterocycles. The Morgan fingerprint density at radius 2 is 2.00 bits per heavy atom. The number of methoxy groups -OCH3 is 1. The maximum absolute atomic E-state index is 6.32. The van der Waals surface area contributed by atoms with Gasteiger partial charge in [0.2, 0.25) is 5.88 Å². The molecule has 2 aromatic heterocycles. The molecule has 5 nitrogen and oxygen atoms in total. The number of hydrogen-bond donors (Lipinski definition) is 1. The van der Waals surface area contributed by atoms with Crippen molar-refractivity contribution < 1.29 is 4.74 Å². The Balaban J connectivity index is 2.10. The molecule has 2 N–H and O–H groups in total. The lowest BCUT2D eigenvalue weighted by atomic mass is 10.00. The summed E-state index contributed by atoms with van der Waals surface area (Å²) in [5.41, 5.74) is 7.96. The smallest absolute Gasteiger partial charge is 0.216 e. The normalized spacial score (nSPS) is 12.3. The van der Waals surface area contributed by atoms with Crippen LogP contribution in [0.1, 0.15) is 17.3 Å². The Morgan fingerprint density at radius 3 is 2.85 bits per heavy atom. The predicted octanol–water partition coefficient (Wildman–Crippen LogP) is 2.08. The zero-order valence-corrected chi connectivity index (χ0v) is 11.0. The van der Waals surface area contributed by atoms with Gasteiger partial charge in [-0.15, -0.1) is 0 Å². The minimum absolute atomic E-state index is 0.370. The summed E-state index contributed by atoms with van der Waals surface area (Å²) in [7, 11) is 1.57. The molecular formula is C15H14N4O. The summed E-state index contributed by atoms with van der Waals surface area (Å²) in [6.45, 7) is 0. The van der Waals surface area contributed by atoms with E-state index in [-0.39, 0.29) is 6.04 Å². The highest BCUT2D eigenvalue weighted by Gasteiger charge is 2.14. The van der Waals surface area contributed by atoms with Crippen LogP contribution in [-0.4, -0.2) is 22.1 Å². The first-order chi connectivity index (χ1) is 9.79. The topological polar surface area (TPSA) is 73.9 Å². The van der Waals surface area contributed by atoms with Gasteiger partial charge >= 0.3 is 0 Å². The van der Waals surface area contributed by atoms with Gasteiger partial charge in [-0.3, -0.25) is 4.98 Å². The zero-order valence-electron chi connectivity index (χ0n) is 11.0. The van der Waals surface area contributed by atoms with Crippen LogP contribution in [-0.2, 0) is 0 Å². The third-order valence-electron chi connectivity index (χ3n) is 3.23. The van der Waals surface area contributed by atoms with Gasteiger partial charge in [0, 0.05) is 29.4 Å². The number of nitrogens with two attached hydrogens (primary N) is 1. The van der Waals surface area contributed by atoms with Crippen LogP contribution in [0.2, 0.25) is 0 Å². The lowest BCUT2D eigenvalue weighted by molar-refractivity contribution is 0.395. The van der Waals surface area contributed by atoms with Crippen LogP contribution in [0.3, 0.4) is 0 Å². The van der Waals surface area contributed by atoms with Crippen LogP contribution in [0, 0.1) is 0 Å². The summed E-state index contributed by atoms with van der Waals surface area (Å²) in [6.07, 6.45) is 5.06. The van der Waals surface area contributed by atoms with Crippen molar-refractivity contribution in [1.82, 2.24) is 15.0 Å². The predicted molar refractivity (Wildman–Crippen MR) is 76.4 cm³/mol. The highest BCUT2D eigenvalue weighted by atomic mass is 16.5. The molecule has 0 spiro atoms. The van der Waals surface area contributed by atoms with Crippen LogP contribution in [0.15, 0.2) is 49.1 Å². The molecule has 100 valence electrons. The van der Waals surface area contributed by atoms with Gasteiger partial charge in [0.25, 0.3) is 0 Å². The van der Waals surface area contributed by atoms with Crippen molar-refractivity contribution in [3.05, 3.63) is 60.3 Å². The summed E-state index contributed by atoms with van der Waals surface area (Å²) in [5, 5.41) is 2.13. The Morgan fingerprint density at radius 1 is 1.15 bits per heavy atom.